The highest BCUT2D eigenvalue weighted by atomic mass is 35.5. The van der Waals surface area contributed by atoms with Crippen LogP contribution in [0.3, 0.4) is 0 Å². The van der Waals surface area contributed by atoms with Crippen LogP contribution in [0.2, 0.25) is 5.02 Å². The van der Waals surface area contributed by atoms with Crippen LogP contribution in [-0.2, 0) is 0 Å². The molecule has 1 aliphatic carbocycles. The molecule has 0 spiro atoms. The third kappa shape index (κ3) is 4.73. The molecule has 2 atom stereocenters. The van der Waals surface area contributed by atoms with Gasteiger partial charge < -0.3 is 15.7 Å². The summed E-state index contributed by atoms with van der Waals surface area (Å²) in [6, 6.07) is 6.80. The van der Waals surface area contributed by atoms with Crippen molar-refractivity contribution in [3.63, 3.8) is 0 Å². The Hall–Kier alpha value is -1.26. The average molecular weight is 283 g/mol. The lowest BCUT2D eigenvalue weighted by Gasteiger charge is -2.25. The molecular weight excluding hydrogens is 264 g/mol. The van der Waals surface area contributed by atoms with Crippen molar-refractivity contribution in [2.45, 2.75) is 31.8 Å². The zero-order valence-electron chi connectivity index (χ0n) is 10.7. The van der Waals surface area contributed by atoms with Gasteiger partial charge in [-0.2, -0.15) is 0 Å². The van der Waals surface area contributed by atoms with Crippen LogP contribution < -0.4 is 10.6 Å². The summed E-state index contributed by atoms with van der Waals surface area (Å²) in [4.78, 5) is 11.7. The molecular formula is C14H19ClN2O2. The Kier molecular flexibility index (Phi) is 5.05. The summed E-state index contributed by atoms with van der Waals surface area (Å²) in [5, 5.41) is 15.7. The van der Waals surface area contributed by atoms with E-state index in [0.717, 1.165) is 25.7 Å². The number of carbonyl (C=O) groups excluding carboxylic acids is 1. The number of rotatable bonds is 3. The first-order valence-electron chi connectivity index (χ1n) is 6.62. The monoisotopic (exact) mass is 282 g/mol. The largest absolute Gasteiger partial charge is 0.393 e. The highest BCUT2D eigenvalue weighted by Crippen LogP contribution is 2.23. The van der Waals surface area contributed by atoms with Gasteiger partial charge in [0, 0.05) is 17.3 Å². The summed E-state index contributed by atoms with van der Waals surface area (Å²) in [7, 11) is 0. The van der Waals surface area contributed by atoms with E-state index in [1.165, 1.54) is 0 Å². The third-order valence-corrected chi connectivity index (χ3v) is 3.62. The number of urea groups is 1. The maximum absolute atomic E-state index is 11.7. The molecule has 4 nitrogen and oxygen atoms in total. The number of hydrogen-bond donors (Lipinski definition) is 3. The SMILES string of the molecule is O=C(NCC1CCCC(O)C1)Nc1cccc(Cl)c1. The fourth-order valence-electron chi connectivity index (χ4n) is 2.43. The van der Waals surface area contributed by atoms with E-state index < -0.39 is 0 Å². The molecule has 1 aromatic carbocycles. The van der Waals surface area contributed by atoms with Crippen LogP contribution in [0.4, 0.5) is 10.5 Å². The van der Waals surface area contributed by atoms with Crippen LogP contribution >= 0.6 is 11.6 Å². The Morgan fingerprint density at radius 2 is 2.26 bits per heavy atom. The summed E-state index contributed by atoms with van der Waals surface area (Å²) < 4.78 is 0. The number of halogens is 1. The van der Waals surface area contributed by atoms with Crippen molar-refractivity contribution in [3.8, 4) is 0 Å². The van der Waals surface area contributed by atoms with Gasteiger partial charge in [0.25, 0.3) is 0 Å². The van der Waals surface area contributed by atoms with Crippen LogP contribution in [-0.4, -0.2) is 23.8 Å². The van der Waals surface area contributed by atoms with E-state index in [0.29, 0.717) is 23.2 Å². The van der Waals surface area contributed by atoms with Gasteiger partial charge in [-0.25, -0.2) is 4.79 Å². The molecule has 0 aliphatic heterocycles. The number of hydrogen-bond acceptors (Lipinski definition) is 2. The topological polar surface area (TPSA) is 61.4 Å². The quantitative estimate of drug-likeness (QED) is 0.798. The highest BCUT2D eigenvalue weighted by Gasteiger charge is 2.20. The van der Waals surface area contributed by atoms with E-state index in [4.69, 9.17) is 11.6 Å². The van der Waals surface area contributed by atoms with Crippen molar-refractivity contribution in [2.24, 2.45) is 5.92 Å². The lowest BCUT2D eigenvalue weighted by atomic mass is 9.87. The molecule has 19 heavy (non-hydrogen) atoms. The number of carbonyl (C=O) groups is 1. The van der Waals surface area contributed by atoms with Crippen molar-refractivity contribution < 1.29 is 9.90 Å². The van der Waals surface area contributed by atoms with Crippen molar-refractivity contribution in [1.29, 1.82) is 0 Å². The van der Waals surface area contributed by atoms with E-state index in [1.807, 2.05) is 0 Å². The summed E-state index contributed by atoms with van der Waals surface area (Å²) in [6.45, 7) is 0.601. The molecule has 1 fully saturated rings. The zero-order valence-corrected chi connectivity index (χ0v) is 11.5. The lowest BCUT2D eigenvalue weighted by Crippen LogP contribution is -2.35. The van der Waals surface area contributed by atoms with Crippen molar-refractivity contribution in [2.75, 3.05) is 11.9 Å². The van der Waals surface area contributed by atoms with Crippen LogP contribution in [0.1, 0.15) is 25.7 Å². The normalized spacial score (nSPS) is 22.8. The van der Waals surface area contributed by atoms with E-state index >= 15 is 0 Å². The summed E-state index contributed by atoms with van der Waals surface area (Å²) in [5.41, 5.74) is 0.675. The van der Waals surface area contributed by atoms with Gasteiger partial charge in [0.1, 0.15) is 0 Å². The number of amides is 2. The molecule has 0 radical (unpaired) electrons. The second-order valence-corrected chi connectivity index (χ2v) is 5.47. The molecule has 2 amide bonds. The minimum atomic E-state index is -0.234. The molecule has 2 unspecified atom stereocenters. The van der Waals surface area contributed by atoms with Gasteiger partial charge in [0.15, 0.2) is 0 Å². The Morgan fingerprint density at radius 3 is 3.00 bits per heavy atom. The number of aliphatic hydroxyl groups is 1. The van der Waals surface area contributed by atoms with Crippen LogP contribution in [0.5, 0.6) is 0 Å². The van der Waals surface area contributed by atoms with Gasteiger partial charge in [-0.15, -0.1) is 0 Å². The van der Waals surface area contributed by atoms with Gasteiger partial charge in [-0.3, -0.25) is 0 Å². The minimum Gasteiger partial charge on any atom is -0.393 e. The first kappa shape index (κ1) is 14.2. The van der Waals surface area contributed by atoms with E-state index in [-0.39, 0.29) is 12.1 Å². The van der Waals surface area contributed by atoms with Crippen molar-refractivity contribution >= 4 is 23.3 Å². The molecule has 0 aromatic heterocycles. The number of nitrogens with one attached hydrogen (secondary N) is 2. The highest BCUT2D eigenvalue weighted by molar-refractivity contribution is 6.30. The molecule has 0 saturated heterocycles. The van der Waals surface area contributed by atoms with Crippen LogP contribution in [0.15, 0.2) is 24.3 Å². The summed E-state index contributed by atoms with van der Waals surface area (Å²) in [6.07, 6.45) is 3.54. The van der Waals surface area contributed by atoms with Gasteiger partial charge in [-0.05, 0) is 43.4 Å². The smallest absolute Gasteiger partial charge is 0.319 e. The van der Waals surface area contributed by atoms with E-state index in [9.17, 15) is 9.90 Å². The summed E-state index contributed by atoms with van der Waals surface area (Å²) in [5.74, 6) is 0.369. The number of anilines is 1. The van der Waals surface area contributed by atoms with Gasteiger partial charge in [0.05, 0.1) is 6.10 Å². The second kappa shape index (κ2) is 6.78. The fraction of sp³-hybridized carbons (Fsp3) is 0.500. The zero-order chi connectivity index (χ0) is 13.7. The molecule has 1 saturated carbocycles. The first-order valence-corrected chi connectivity index (χ1v) is 7.00. The van der Waals surface area contributed by atoms with Crippen LogP contribution in [0, 0.1) is 5.92 Å². The number of aliphatic hydroxyl groups excluding tert-OH is 1. The lowest BCUT2D eigenvalue weighted by molar-refractivity contribution is 0.101. The molecule has 2 rings (SSSR count). The van der Waals surface area contributed by atoms with Crippen LogP contribution in [0.25, 0.3) is 0 Å². The predicted octanol–water partition coefficient (Wildman–Crippen LogP) is 3.01. The fourth-order valence-corrected chi connectivity index (χ4v) is 2.62. The third-order valence-electron chi connectivity index (χ3n) is 3.39. The standard InChI is InChI=1S/C14H19ClN2O2/c15-11-4-2-5-12(8-11)17-14(19)16-9-10-3-1-6-13(18)7-10/h2,4-5,8,10,13,18H,1,3,6-7,9H2,(H2,16,17,19). The first-order chi connectivity index (χ1) is 9.13. The molecule has 104 valence electrons. The Labute approximate surface area is 118 Å². The Balaban J connectivity index is 1.75. The van der Waals surface area contributed by atoms with Gasteiger partial charge in [0.2, 0.25) is 0 Å². The van der Waals surface area contributed by atoms with Crippen molar-refractivity contribution in [1.82, 2.24) is 5.32 Å². The molecule has 1 aromatic rings. The molecule has 0 bridgehead atoms. The maximum atomic E-state index is 11.7. The molecule has 1 aliphatic rings. The van der Waals surface area contributed by atoms with E-state index in [1.54, 1.807) is 24.3 Å². The van der Waals surface area contributed by atoms with E-state index in [2.05, 4.69) is 10.6 Å². The van der Waals surface area contributed by atoms with Gasteiger partial charge >= 0.3 is 6.03 Å². The predicted molar refractivity (Wildman–Crippen MR) is 76.4 cm³/mol. The Morgan fingerprint density at radius 1 is 1.42 bits per heavy atom. The average Bonchev–Trinajstić information content (AvgIpc) is 2.36. The minimum absolute atomic E-state index is 0.212. The van der Waals surface area contributed by atoms with Gasteiger partial charge in [-0.1, -0.05) is 24.1 Å². The summed E-state index contributed by atoms with van der Waals surface area (Å²) >= 11 is 5.84. The number of benzene rings is 1. The Bertz CT molecular complexity index is 439. The molecule has 3 N–H and O–H groups in total. The molecule has 5 heteroatoms. The van der Waals surface area contributed by atoms with Crippen molar-refractivity contribution in [3.05, 3.63) is 29.3 Å². The maximum Gasteiger partial charge on any atom is 0.319 e. The molecule has 0 heterocycles. The second-order valence-electron chi connectivity index (χ2n) is 5.03.